The third-order valence-electron chi connectivity index (χ3n) is 6.17. The summed E-state index contributed by atoms with van der Waals surface area (Å²) in [5.74, 6) is -0.697. The van der Waals surface area contributed by atoms with E-state index in [0.717, 1.165) is 5.56 Å². The third kappa shape index (κ3) is 4.12. The second-order valence-corrected chi connectivity index (χ2v) is 8.06. The maximum Gasteiger partial charge on any atom is 0.259 e. The molecule has 1 saturated heterocycles. The summed E-state index contributed by atoms with van der Waals surface area (Å²) in [6, 6.07) is 13.8. The van der Waals surface area contributed by atoms with Gasteiger partial charge < -0.3 is 14.6 Å². The first-order chi connectivity index (χ1) is 15.4. The van der Waals surface area contributed by atoms with E-state index in [1.54, 1.807) is 41.8 Å². The normalized spacial score (nSPS) is 15.7. The van der Waals surface area contributed by atoms with Crippen LogP contribution in [-0.4, -0.2) is 40.8 Å². The number of pyridine rings is 1. The molecule has 1 aromatic heterocycles. The Morgan fingerprint density at radius 1 is 1.00 bits per heavy atom. The summed E-state index contributed by atoms with van der Waals surface area (Å²) in [5.41, 5.74) is 1.99. The average Bonchev–Trinajstić information content (AvgIpc) is 2.78. The fraction of sp³-hybridized carbons (Fsp3) is 0.320. The SMILES string of the molecule is CCn1c(C)cc(O)c([C@@H](c2ccc(F)cc2)N2CCN(c3ccccc3F)CC2)c1=O. The predicted octanol–water partition coefficient (Wildman–Crippen LogP) is 4.07. The van der Waals surface area contributed by atoms with Crippen molar-refractivity contribution in [1.29, 1.82) is 0 Å². The van der Waals surface area contributed by atoms with Gasteiger partial charge in [0.25, 0.3) is 5.56 Å². The van der Waals surface area contributed by atoms with Crippen LogP contribution in [0.25, 0.3) is 0 Å². The minimum atomic E-state index is -0.538. The van der Waals surface area contributed by atoms with E-state index in [4.69, 9.17) is 0 Å². The van der Waals surface area contributed by atoms with E-state index in [9.17, 15) is 18.7 Å². The number of halogens is 2. The van der Waals surface area contributed by atoms with Crippen LogP contribution in [0.15, 0.2) is 59.4 Å². The molecule has 4 rings (SSSR count). The summed E-state index contributed by atoms with van der Waals surface area (Å²) < 4.78 is 29.5. The lowest BCUT2D eigenvalue weighted by Crippen LogP contribution is -2.49. The number of rotatable bonds is 5. The molecule has 1 fully saturated rings. The molecule has 2 heterocycles. The van der Waals surface area contributed by atoms with Crippen LogP contribution in [0.3, 0.4) is 0 Å². The predicted molar refractivity (Wildman–Crippen MR) is 121 cm³/mol. The molecule has 0 amide bonds. The quantitative estimate of drug-likeness (QED) is 0.651. The first-order valence-corrected chi connectivity index (χ1v) is 10.8. The topological polar surface area (TPSA) is 48.7 Å². The van der Waals surface area contributed by atoms with Gasteiger partial charge in [-0.15, -0.1) is 0 Å². The van der Waals surface area contributed by atoms with Gasteiger partial charge in [0.05, 0.1) is 17.3 Å². The highest BCUT2D eigenvalue weighted by Gasteiger charge is 2.31. The molecule has 0 spiro atoms. The number of piperazine rings is 1. The van der Waals surface area contributed by atoms with Crippen LogP contribution in [0.5, 0.6) is 5.75 Å². The van der Waals surface area contributed by atoms with Crippen LogP contribution >= 0.6 is 0 Å². The van der Waals surface area contributed by atoms with Gasteiger partial charge in [-0.25, -0.2) is 8.78 Å². The Labute approximate surface area is 186 Å². The van der Waals surface area contributed by atoms with Crippen LogP contribution < -0.4 is 10.5 Å². The standard InChI is InChI=1S/C25H27F2N3O2/c1-3-30-17(2)16-22(31)23(25(30)32)24(18-8-10-19(26)11-9-18)29-14-12-28(13-15-29)21-7-5-4-6-20(21)27/h4-11,16,24,31H,3,12-15H2,1-2H3/t24-/m1/s1. The zero-order valence-corrected chi connectivity index (χ0v) is 18.3. The summed E-state index contributed by atoms with van der Waals surface area (Å²) in [6.45, 7) is 6.38. The summed E-state index contributed by atoms with van der Waals surface area (Å²) in [5, 5.41) is 10.8. The van der Waals surface area contributed by atoms with Gasteiger partial charge in [-0.1, -0.05) is 24.3 Å². The largest absolute Gasteiger partial charge is 0.507 e. The van der Waals surface area contributed by atoms with E-state index < -0.39 is 6.04 Å². The summed E-state index contributed by atoms with van der Waals surface area (Å²) in [4.78, 5) is 17.4. The van der Waals surface area contributed by atoms with Crippen molar-refractivity contribution in [2.45, 2.75) is 26.4 Å². The molecule has 1 aliphatic rings. The monoisotopic (exact) mass is 439 g/mol. The third-order valence-corrected chi connectivity index (χ3v) is 6.17. The Balaban J connectivity index is 1.72. The van der Waals surface area contributed by atoms with Gasteiger partial charge in [0, 0.05) is 38.4 Å². The van der Waals surface area contributed by atoms with Crippen LogP contribution in [0.4, 0.5) is 14.5 Å². The number of aryl methyl sites for hydroxylation is 1. The highest BCUT2D eigenvalue weighted by atomic mass is 19.1. The molecule has 0 bridgehead atoms. The molecule has 2 aromatic carbocycles. The second-order valence-electron chi connectivity index (χ2n) is 8.06. The van der Waals surface area contributed by atoms with Crippen molar-refractivity contribution in [2.24, 2.45) is 0 Å². The molecule has 0 aliphatic carbocycles. The molecular formula is C25H27F2N3O2. The maximum atomic E-state index is 14.3. The fourth-order valence-corrected chi connectivity index (χ4v) is 4.55. The smallest absolute Gasteiger partial charge is 0.259 e. The number of nitrogens with zero attached hydrogens (tertiary/aromatic N) is 3. The second kappa shape index (κ2) is 9.12. The van der Waals surface area contributed by atoms with Gasteiger partial charge in [-0.2, -0.15) is 0 Å². The van der Waals surface area contributed by atoms with Gasteiger partial charge in [0.1, 0.15) is 17.4 Å². The van der Waals surface area contributed by atoms with Crippen LogP contribution in [0.2, 0.25) is 0 Å². The Bertz CT molecular complexity index is 1150. The highest BCUT2D eigenvalue weighted by molar-refractivity contribution is 5.48. The van der Waals surface area contributed by atoms with Crippen molar-refractivity contribution >= 4 is 5.69 Å². The van der Waals surface area contributed by atoms with Crippen molar-refractivity contribution in [3.63, 3.8) is 0 Å². The number of anilines is 1. The Kier molecular flexibility index (Phi) is 6.28. The van der Waals surface area contributed by atoms with Gasteiger partial charge in [0.15, 0.2) is 0 Å². The Hall–Kier alpha value is -3.19. The molecule has 0 radical (unpaired) electrons. The van der Waals surface area contributed by atoms with Crippen LogP contribution in [0, 0.1) is 18.6 Å². The number of benzene rings is 2. The average molecular weight is 440 g/mol. The van der Waals surface area contributed by atoms with E-state index in [1.165, 1.54) is 18.2 Å². The molecule has 1 N–H and O–H groups in total. The number of hydrogen-bond acceptors (Lipinski definition) is 4. The summed E-state index contributed by atoms with van der Waals surface area (Å²) in [7, 11) is 0. The number of hydrogen-bond donors (Lipinski definition) is 1. The molecule has 1 aliphatic heterocycles. The van der Waals surface area contributed by atoms with Crippen LogP contribution in [-0.2, 0) is 6.54 Å². The van der Waals surface area contributed by atoms with Gasteiger partial charge >= 0.3 is 0 Å². The zero-order valence-electron chi connectivity index (χ0n) is 18.3. The highest BCUT2D eigenvalue weighted by Crippen LogP contribution is 2.34. The first kappa shape index (κ1) is 22.0. The lowest BCUT2D eigenvalue weighted by molar-refractivity contribution is 0.207. The van der Waals surface area contributed by atoms with Gasteiger partial charge in [-0.3, -0.25) is 9.69 Å². The van der Waals surface area contributed by atoms with Gasteiger partial charge in [0.2, 0.25) is 0 Å². The van der Waals surface area contributed by atoms with E-state index >= 15 is 0 Å². The summed E-state index contributed by atoms with van der Waals surface area (Å²) >= 11 is 0. The minimum absolute atomic E-state index is 0.0666. The molecule has 168 valence electrons. The molecule has 3 aromatic rings. The maximum absolute atomic E-state index is 14.3. The van der Waals surface area contributed by atoms with E-state index in [1.807, 2.05) is 17.9 Å². The molecule has 0 unspecified atom stereocenters. The lowest BCUT2D eigenvalue weighted by atomic mass is 9.96. The van der Waals surface area contributed by atoms with Gasteiger partial charge in [-0.05, 0) is 49.7 Å². The Morgan fingerprint density at radius 3 is 2.28 bits per heavy atom. The minimum Gasteiger partial charge on any atom is -0.507 e. The Morgan fingerprint density at radius 2 is 1.66 bits per heavy atom. The van der Waals surface area contributed by atoms with Crippen molar-refractivity contribution in [3.05, 3.63) is 93.4 Å². The van der Waals surface area contributed by atoms with Crippen molar-refractivity contribution in [3.8, 4) is 5.75 Å². The molecule has 0 saturated carbocycles. The zero-order chi connectivity index (χ0) is 22.8. The van der Waals surface area contributed by atoms with E-state index in [-0.39, 0.29) is 28.5 Å². The van der Waals surface area contributed by atoms with Crippen LogP contribution in [0.1, 0.15) is 29.8 Å². The number of para-hydroxylation sites is 1. The lowest BCUT2D eigenvalue weighted by Gasteiger charge is -2.40. The molecule has 32 heavy (non-hydrogen) atoms. The molecule has 5 nitrogen and oxygen atoms in total. The van der Waals surface area contributed by atoms with E-state index in [2.05, 4.69) is 4.90 Å². The van der Waals surface area contributed by atoms with Crippen molar-refractivity contribution < 1.29 is 13.9 Å². The van der Waals surface area contributed by atoms with Crippen molar-refractivity contribution in [2.75, 3.05) is 31.1 Å². The molecular weight excluding hydrogens is 412 g/mol. The van der Waals surface area contributed by atoms with E-state index in [0.29, 0.717) is 44.1 Å². The van der Waals surface area contributed by atoms with Crippen molar-refractivity contribution in [1.82, 2.24) is 9.47 Å². The summed E-state index contributed by atoms with van der Waals surface area (Å²) in [6.07, 6.45) is 0. The number of aromatic hydroxyl groups is 1. The molecule has 1 atom stereocenters. The molecule has 7 heteroatoms. The fourth-order valence-electron chi connectivity index (χ4n) is 4.55. The first-order valence-electron chi connectivity index (χ1n) is 10.8. The number of aromatic nitrogens is 1.